The minimum atomic E-state index is 0.330. The van der Waals surface area contributed by atoms with Crippen LogP contribution in [0.25, 0.3) is 0 Å². The maximum Gasteiger partial charge on any atom is 0.0273 e. The molecule has 1 atom stereocenters. The fraction of sp³-hybridized carbons (Fsp3) is 0.533. The summed E-state index contributed by atoms with van der Waals surface area (Å²) in [4.78, 5) is 4.19. The third kappa shape index (κ3) is 4.18. The van der Waals surface area contributed by atoms with Crippen LogP contribution in [0.2, 0.25) is 0 Å². The van der Waals surface area contributed by atoms with Gasteiger partial charge in [-0.1, -0.05) is 50.6 Å². The van der Waals surface area contributed by atoms with Crippen LogP contribution in [0.3, 0.4) is 0 Å². The highest BCUT2D eigenvalue weighted by molar-refractivity contribution is 5.67. The van der Waals surface area contributed by atoms with Crippen LogP contribution >= 0.6 is 0 Å². The Kier molecular flexibility index (Phi) is 4.28. The zero-order chi connectivity index (χ0) is 12.2. The Morgan fingerprint density at radius 3 is 2.19 bits per heavy atom. The van der Waals surface area contributed by atoms with Gasteiger partial charge in [-0.15, -0.1) is 0 Å². The summed E-state index contributed by atoms with van der Waals surface area (Å²) in [5.74, 6) is 0.436. The van der Waals surface area contributed by atoms with E-state index in [9.17, 15) is 0 Å². The maximum absolute atomic E-state index is 4.19. The molecule has 1 nitrogen and oxygen atoms in total. The van der Waals surface area contributed by atoms with Crippen molar-refractivity contribution in [2.75, 3.05) is 7.05 Å². The van der Waals surface area contributed by atoms with E-state index in [1.807, 2.05) is 7.05 Å². The first-order valence-electron chi connectivity index (χ1n) is 5.91. The molecule has 1 aromatic rings. The summed E-state index contributed by atoms with van der Waals surface area (Å²) in [5.41, 5.74) is 3.01. The molecule has 0 saturated heterocycles. The molecule has 0 radical (unpaired) electrons. The molecule has 0 saturated carbocycles. The van der Waals surface area contributed by atoms with Gasteiger partial charge in [-0.05, 0) is 24.3 Å². The Hall–Kier alpha value is -1.11. The highest BCUT2D eigenvalue weighted by Gasteiger charge is 2.18. The van der Waals surface area contributed by atoms with Gasteiger partial charge in [0.25, 0.3) is 0 Å². The zero-order valence-electron chi connectivity index (χ0n) is 11.1. The zero-order valence-corrected chi connectivity index (χ0v) is 11.1. The maximum atomic E-state index is 4.19. The first-order valence-corrected chi connectivity index (χ1v) is 5.91. The molecule has 0 aliphatic carbocycles. The minimum Gasteiger partial charge on any atom is -0.300 e. The normalized spacial score (nSPS) is 14.3. The lowest BCUT2D eigenvalue weighted by molar-refractivity contribution is 0.369. The standard InChI is InChI=1S/C15H23N/c1-12-6-8-13(9-7-12)14(11-16-5)10-15(2,3)4/h6-9,11,14H,10H2,1-5H3. The molecule has 0 amide bonds. The van der Waals surface area contributed by atoms with E-state index in [1.54, 1.807) is 0 Å². The molecule has 0 aliphatic heterocycles. The Bertz CT molecular complexity index is 341. The van der Waals surface area contributed by atoms with Crippen molar-refractivity contribution in [3.63, 3.8) is 0 Å². The van der Waals surface area contributed by atoms with Crippen LogP contribution in [-0.4, -0.2) is 13.3 Å². The van der Waals surface area contributed by atoms with Crippen LogP contribution in [0.4, 0.5) is 0 Å². The van der Waals surface area contributed by atoms with Gasteiger partial charge < -0.3 is 4.99 Å². The molecule has 0 aromatic heterocycles. The van der Waals surface area contributed by atoms with Crippen molar-refractivity contribution in [1.29, 1.82) is 0 Å². The average Bonchev–Trinajstić information content (AvgIpc) is 2.16. The molecule has 0 bridgehead atoms. The molecule has 1 unspecified atom stereocenters. The summed E-state index contributed by atoms with van der Waals surface area (Å²) in [6, 6.07) is 8.78. The largest absolute Gasteiger partial charge is 0.300 e. The molecule has 1 aromatic carbocycles. The van der Waals surface area contributed by atoms with Gasteiger partial charge in [-0.3, -0.25) is 0 Å². The van der Waals surface area contributed by atoms with Crippen LogP contribution in [0.1, 0.15) is 44.2 Å². The quantitative estimate of drug-likeness (QED) is 0.672. The Morgan fingerprint density at radius 1 is 1.19 bits per heavy atom. The second kappa shape index (κ2) is 5.29. The number of nitrogens with zero attached hydrogens (tertiary/aromatic N) is 1. The van der Waals surface area contributed by atoms with E-state index >= 15 is 0 Å². The number of benzene rings is 1. The first-order chi connectivity index (χ1) is 7.42. The van der Waals surface area contributed by atoms with E-state index in [1.165, 1.54) is 11.1 Å². The number of aryl methyl sites for hydroxylation is 1. The number of rotatable bonds is 3. The van der Waals surface area contributed by atoms with Gasteiger partial charge in [0.2, 0.25) is 0 Å². The van der Waals surface area contributed by atoms with Gasteiger partial charge in [0.15, 0.2) is 0 Å². The number of hydrogen-bond acceptors (Lipinski definition) is 1. The van der Waals surface area contributed by atoms with Gasteiger partial charge in [0.05, 0.1) is 0 Å². The molecule has 0 aliphatic rings. The molecule has 0 spiro atoms. The summed E-state index contributed by atoms with van der Waals surface area (Å²) in [5, 5.41) is 0. The van der Waals surface area contributed by atoms with Crippen LogP contribution in [0.15, 0.2) is 29.3 Å². The van der Waals surface area contributed by atoms with Crippen molar-refractivity contribution >= 4 is 6.21 Å². The lowest BCUT2D eigenvalue weighted by atomic mass is 9.82. The minimum absolute atomic E-state index is 0.330. The van der Waals surface area contributed by atoms with E-state index in [0.717, 1.165) is 6.42 Å². The summed E-state index contributed by atoms with van der Waals surface area (Å²) in [7, 11) is 1.85. The molecule has 0 heterocycles. The van der Waals surface area contributed by atoms with Crippen molar-refractivity contribution in [2.45, 2.75) is 40.0 Å². The Balaban J connectivity index is 2.89. The SMILES string of the molecule is CN=CC(CC(C)(C)C)c1ccc(C)cc1. The van der Waals surface area contributed by atoms with Crippen LogP contribution < -0.4 is 0 Å². The molecular weight excluding hydrogens is 194 g/mol. The smallest absolute Gasteiger partial charge is 0.0273 e. The van der Waals surface area contributed by atoms with Crippen LogP contribution in [0.5, 0.6) is 0 Å². The average molecular weight is 217 g/mol. The van der Waals surface area contributed by atoms with Gasteiger partial charge in [-0.2, -0.15) is 0 Å². The van der Waals surface area contributed by atoms with Gasteiger partial charge in [0, 0.05) is 19.2 Å². The van der Waals surface area contributed by atoms with Gasteiger partial charge in [-0.25, -0.2) is 0 Å². The van der Waals surface area contributed by atoms with Crippen LogP contribution in [-0.2, 0) is 0 Å². The fourth-order valence-corrected chi connectivity index (χ4v) is 1.91. The summed E-state index contributed by atoms with van der Waals surface area (Å²) < 4.78 is 0. The second-order valence-corrected chi connectivity index (χ2v) is 5.69. The summed E-state index contributed by atoms with van der Waals surface area (Å²) in [6.07, 6.45) is 3.20. The highest BCUT2D eigenvalue weighted by Crippen LogP contribution is 2.30. The number of aliphatic imine (C=N–C) groups is 1. The summed E-state index contributed by atoms with van der Waals surface area (Å²) >= 11 is 0. The van der Waals surface area contributed by atoms with Crippen molar-refractivity contribution in [2.24, 2.45) is 10.4 Å². The molecule has 0 N–H and O–H groups in total. The third-order valence-electron chi connectivity index (χ3n) is 2.67. The monoisotopic (exact) mass is 217 g/mol. The lowest BCUT2D eigenvalue weighted by Gasteiger charge is -2.23. The second-order valence-electron chi connectivity index (χ2n) is 5.69. The van der Waals surface area contributed by atoms with E-state index in [0.29, 0.717) is 11.3 Å². The fourth-order valence-electron chi connectivity index (χ4n) is 1.91. The highest BCUT2D eigenvalue weighted by atomic mass is 14.6. The van der Waals surface area contributed by atoms with Crippen LogP contribution in [0, 0.1) is 12.3 Å². The molecule has 0 fully saturated rings. The molecule has 16 heavy (non-hydrogen) atoms. The Labute approximate surface area is 99.6 Å². The summed E-state index contributed by atoms with van der Waals surface area (Å²) in [6.45, 7) is 8.95. The third-order valence-corrected chi connectivity index (χ3v) is 2.67. The van der Waals surface area contributed by atoms with E-state index < -0.39 is 0 Å². The van der Waals surface area contributed by atoms with E-state index in [4.69, 9.17) is 0 Å². The number of hydrogen-bond donors (Lipinski definition) is 0. The Morgan fingerprint density at radius 2 is 1.75 bits per heavy atom. The molecule has 1 heteroatoms. The van der Waals surface area contributed by atoms with E-state index in [2.05, 4.69) is 63.2 Å². The molecule has 1 rings (SSSR count). The topological polar surface area (TPSA) is 12.4 Å². The first kappa shape index (κ1) is 13.0. The van der Waals surface area contributed by atoms with Gasteiger partial charge >= 0.3 is 0 Å². The van der Waals surface area contributed by atoms with Crippen molar-refractivity contribution in [3.8, 4) is 0 Å². The van der Waals surface area contributed by atoms with Crippen molar-refractivity contribution in [3.05, 3.63) is 35.4 Å². The molecule has 88 valence electrons. The van der Waals surface area contributed by atoms with Crippen molar-refractivity contribution in [1.82, 2.24) is 0 Å². The van der Waals surface area contributed by atoms with Crippen molar-refractivity contribution < 1.29 is 0 Å². The predicted molar refractivity (Wildman–Crippen MR) is 72.4 cm³/mol. The molecular formula is C15H23N. The lowest BCUT2D eigenvalue weighted by Crippen LogP contribution is -2.13. The van der Waals surface area contributed by atoms with Gasteiger partial charge in [0.1, 0.15) is 0 Å². The predicted octanol–water partition coefficient (Wildman–Crippen LogP) is 4.22. The van der Waals surface area contributed by atoms with E-state index in [-0.39, 0.29) is 0 Å².